The average Bonchev–Trinajstić information content (AvgIpc) is 2.92. The van der Waals surface area contributed by atoms with Gasteiger partial charge in [0.15, 0.2) is 11.5 Å². The number of pyridine rings is 1. The van der Waals surface area contributed by atoms with Gasteiger partial charge in [0.25, 0.3) is 0 Å². The third-order valence-electron chi connectivity index (χ3n) is 4.47. The van der Waals surface area contributed by atoms with E-state index in [0.717, 1.165) is 11.5 Å². The molecule has 21 heavy (non-hydrogen) atoms. The Morgan fingerprint density at radius 1 is 1.14 bits per heavy atom. The van der Waals surface area contributed by atoms with Crippen molar-refractivity contribution in [2.24, 2.45) is 0 Å². The summed E-state index contributed by atoms with van der Waals surface area (Å²) in [6.07, 6.45) is 4.45. The van der Waals surface area contributed by atoms with Crippen LogP contribution in [-0.4, -0.2) is 44.7 Å². The van der Waals surface area contributed by atoms with Crippen LogP contribution in [0.3, 0.4) is 0 Å². The molecule has 1 fully saturated rings. The van der Waals surface area contributed by atoms with Gasteiger partial charge < -0.3 is 10.2 Å². The molecule has 0 radical (unpaired) electrons. The van der Waals surface area contributed by atoms with E-state index < -0.39 is 0 Å². The van der Waals surface area contributed by atoms with Gasteiger partial charge in [-0.3, -0.25) is 4.40 Å². The van der Waals surface area contributed by atoms with E-state index in [1.54, 1.807) is 0 Å². The van der Waals surface area contributed by atoms with Gasteiger partial charge in [-0.25, -0.2) is 0 Å². The Balaban J connectivity index is 1.63. The highest BCUT2D eigenvalue weighted by Crippen LogP contribution is 2.18. The van der Waals surface area contributed by atoms with Crippen molar-refractivity contribution in [2.45, 2.75) is 51.7 Å². The maximum atomic E-state index is 4.34. The summed E-state index contributed by atoms with van der Waals surface area (Å²) >= 11 is 0. The Morgan fingerprint density at radius 2 is 1.90 bits per heavy atom. The van der Waals surface area contributed by atoms with Crippen LogP contribution in [0.5, 0.6) is 0 Å². The van der Waals surface area contributed by atoms with Crippen molar-refractivity contribution < 1.29 is 0 Å². The number of nitrogens with zero attached hydrogens (tertiary/aromatic N) is 4. The lowest BCUT2D eigenvalue weighted by Gasteiger charge is -2.35. The second-order valence-electron chi connectivity index (χ2n) is 6.28. The van der Waals surface area contributed by atoms with E-state index in [-0.39, 0.29) is 6.04 Å². The molecule has 3 rings (SSSR count). The number of likely N-dealkylation sites (tertiary alicyclic amines) is 1. The van der Waals surface area contributed by atoms with Crippen LogP contribution in [0, 0.1) is 0 Å². The predicted molar refractivity (Wildman–Crippen MR) is 84.3 cm³/mol. The summed E-state index contributed by atoms with van der Waals surface area (Å²) in [7, 11) is 0. The summed E-state index contributed by atoms with van der Waals surface area (Å²) in [5, 5.41) is 12.3. The van der Waals surface area contributed by atoms with Crippen LogP contribution in [0.1, 0.15) is 45.5 Å². The topological polar surface area (TPSA) is 45.5 Å². The highest BCUT2D eigenvalue weighted by atomic mass is 15.3. The average molecular weight is 287 g/mol. The van der Waals surface area contributed by atoms with Crippen LogP contribution in [0.15, 0.2) is 24.4 Å². The van der Waals surface area contributed by atoms with E-state index in [4.69, 9.17) is 0 Å². The molecule has 1 N–H and O–H groups in total. The van der Waals surface area contributed by atoms with Gasteiger partial charge >= 0.3 is 0 Å². The van der Waals surface area contributed by atoms with Gasteiger partial charge in [0.1, 0.15) is 0 Å². The van der Waals surface area contributed by atoms with Gasteiger partial charge in [0, 0.05) is 18.3 Å². The molecule has 0 aromatic carbocycles. The molecule has 114 valence electrons. The molecule has 1 saturated heterocycles. The van der Waals surface area contributed by atoms with Gasteiger partial charge in [-0.05, 0) is 58.8 Å². The maximum Gasteiger partial charge on any atom is 0.160 e. The third kappa shape index (κ3) is 3.09. The number of fused-ring (bicyclic) bond motifs is 1. The van der Waals surface area contributed by atoms with Crippen molar-refractivity contribution in [3.63, 3.8) is 0 Å². The first-order valence-corrected chi connectivity index (χ1v) is 7.95. The van der Waals surface area contributed by atoms with Gasteiger partial charge in [0.05, 0.1) is 6.04 Å². The normalized spacial score (nSPS) is 19.4. The predicted octanol–water partition coefficient (Wildman–Crippen LogP) is 2.25. The van der Waals surface area contributed by atoms with Crippen molar-refractivity contribution in [2.75, 3.05) is 13.1 Å². The highest BCUT2D eigenvalue weighted by molar-refractivity contribution is 5.37. The molecule has 0 spiro atoms. The van der Waals surface area contributed by atoms with Crippen molar-refractivity contribution in [3.8, 4) is 0 Å². The zero-order chi connectivity index (χ0) is 14.8. The van der Waals surface area contributed by atoms with Gasteiger partial charge in [-0.15, -0.1) is 10.2 Å². The lowest BCUT2D eigenvalue weighted by atomic mass is 10.0. The smallest absolute Gasteiger partial charge is 0.160 e. The van der Waals surface area contributed by atoms with Crippen LogP contribution in [0.4, 0.5) is 0 Å². The summed E-state index contributed by atoms with van der Waals surface area (Å²) in [4.78, 5) is 2.55. The fourth-order valence-corrected chi connectivity index (χ4v) is 3.17. The molecule has 5 nitrogen and oxygen atoms in total. The number of aromatic nitrogens is 3. The van der Waals surface area contributed by atoms with Crippen LogP contribution < -0.4 is 5.32 Å². The van der Waals surface area contributed by atoms with E-state index in [1.165, 1.54) is 25.9 Å². The van der Waals surface area contributed by atoms with Crippen LogP contribution in [0.2, 0.25) is 0 Å². The summed E-state index contributed by atoms with van der Waals surface area (Å²) in [6.45, 7) is 9.10. The second kappa shape index (κ2) is 6.12. The van der Waals surface area contributed by atoms with Gasteiger partial charge in [-0.2, -0.15) is 0 Å². The minimum Gasteiger partial charge on any atom is -0.305 e. The Bertz CT molecular complexity index is 583. The fourth-order valence-electron chi connectivity index (χ4n) is 3.17. The van der Waals surface area contributed by atoms with E-state index >= 15 is 0 Å². The van der Waals surface area contributed by atoms with E-state index in [1.807, 2.05) is 24.4 Å². The third-order valence-corrected chi connectivity index (χ3v) is 4.47. The molecule has 1 aliphatic heterocycles. The Labute approximate surface area is 126 Å². The van der Waals surface area contributed by atoms with E-state index in [9.17, 15) is 0 Å². The van der Waals surface area contributed by atoms with Crippen LogP contribution in [0.25, 0.3) is 5.65 Å². The number of piperidine rings is 1. The van der Waals surface area contributed by atoms with Crippen molar-refractivity contribution in [3.05, 3.63) is 30.2 Å². The standard InChI is InChI=1S/C16H25N5/c1-12(2)20-10-7-14(8-11-20)17-13(3)16-19-18-15-6-4-5-9-21(15)16/h4-6,9,12-14,17H,7-8,10-11H2,1-3H3. The molecule has 1 atom stereocenters. The summed E-state index contributed by atoms with van der Waals surface area (Å²) in [6, 6.07) is 7.46. The Kier molecular flexibility index (Phi) is 4.22. The molecule has 0 bridgehead atoms. The molecule has 2 aromatic rings. The van der Waals surface area contributed by atoms with Gasteiger partial charge in [-0.1, -0.05) is 6.07 Å². The molecule has 3 heterocycles. The summed E-state index contributed by atoms with van der Waals surface area (Å²) < 4.78 is 2.07. The zero-order valence-corrected chi connectivity index (χ0v) is 13.2. The molecular weight excluding hydrogens is 262 g/mol. The highest BCUT2D eigenvalue weighted by Gasteiger charge is 2.23. The van der Waals surface area contributed by atoms with E-state index in [2.05, 4.69) is 45.6 Å². The molecule has 1 aliphatic rings. The fraction of sp³-hybridized carbons (Fsp3) is 0.625. The molecule has 0 aliphatic carbocycles. The first kappa shape index (κ1) is 14.5. The molecule has 5 heteroatoms. The number of rotatable bonds is 4. The van der Waals surface area contributed by atoms with Crippen molar-refractivity contribution >= 4 is 5.65 Å². The van der Waals surface area contributed by atoms with Crippen molar-refractivity contribution in [1.29, 1.82) is 0 Å². The molecule has 2 aromatic heterocycles. The SMILES string of the molecule is CC(NC1CCN(C(C)C)CC1)c1nnc2ccccn12. The minimum absolute atomic E-state index is 0.220. The minimum atomic E-state index is 0.220. The van der Waals surface area contributed by atoms with Gasteiger partial charge in [0.2, 0.25) is 0 Å². The lowest BCUT2D eigenvalue weighted by molar-refractivity contribution is 0.157. The molecular formula is C16H25N5. The first-order chi connectivity index (χ1) is 10.1. The van der Waals surface area contributed by atoms with Crippen molar-refractivity contribution in [1.82, 2.24) is 24.8 Å². The molecule has 0 amide bonds. The number of hydrogen-bond acceptors (Lipinski definition) is 4. The van der Waals surface area contributed by atoms with E-state index in [0.29, 0.717) is 12.1 Å². The lowest BCUT2D eigenvalue weighted by Crippen LogP contribution is -2.45. The summed E-state index contributed by atoms with van der Waals surface area (Å²) in [5.74, 6) is 0.997. The Hall–Kier alpha value is -1.46. The zero-order valence-electron chi connectivity index (χ0n) is 13.2. The Morgan fingerprint density at radius 3 is 2.62 bits per heavy atom. The monoisotopic (exact) mass is 287 g/mol. The van der Waals surface area contributed by atoms with Crippen LogP contribution >= 0.6 is 0 Å². The molecule has 1 unspecified atom stereocenters. The number of nitrogens with one attached hydrogen (secondary N) is 1. The first-order valence-electron chi connectivity index (χ1n) is 7.95. The van der Waals surface area contributed by atoms with Crippen LogP contribution in [-0.2, 0) is 0 Å². The largest absolute Gasteiger partial charge is 0.305 e. The number of hydrogen-bond donors (Lipinski definition) is 1. The molecule has 0 saturated carbocycles. The quantitative estimate of drug-likeness (QED) is 0.937. The second-order valence-corrected chi connectivity index (χ2v) is 6.28. The summed E-state index contributed by atoms with van der Waals surface area (Å²) in [5.41, 5.74) is 0.913. The maximum absolute atomic E-state index is 4.34.